The molecule has 0 radical (unpaired) electrons. The van der Waals surface area contributed by atoms with Gasteiger partial charge >= 0.3 is 0 Å². The molecule has 0 aromatic heterocycles. The van der Waals surface area contributed by atoms with Gasteiger partial charge in [0, 0.05) is 31.4 Å². The molecule has 0 aliphatic rings. The van der Waals surface area contributed by atoms with Gasteiger partial charge in [-0.2, -0.15) is 0 Å². The van der Waals surface area contributed by atoms with Gasteiger partial charge in [-0.1, -0.05) is 23.2 Å². The van der Waals surface area contributed by atoms with E-state index in [1.54, 1.807) is 25.3 Å². The van der Waals surface area contributed by atoms with Crippen molar-refractivity contribution in [2.45, 2.75) is 12.5 Å². The summed E-state index contributed by atoms with van der Waals surface area (Å²) in [5.41, 5.74) is 0. The topological polar surface area (TPSA) is 50.7 Å². The van der Waals surface area contributed by atoms with E-state index in [4.69, 9.17) is 32.7 Å². The number of nitrogens with one attached hydrogen (secondary N) is 1. The number of hydrogen-bond acceptors (Lipinski definition) is 4. The van der Waals surface area contributed by atoms with Crippen LogP contribution in [0.15, 0.2) is 18.2 Å². The monoisotopic (exact) mass is 307 g/mol. The average Bonchev–Trinajstić information content (AvgIpc) is 2.39. The fourth-order valence-corrected chi connectivity index (χ4v) is 1.78. The van der Waals surface area contributed by atoms with Crippen LogP contribution < -0.4 is 10.1 Å². The molecule has 0 saturated heterocycles. The second-order valence-electron chi connectivity index (χ2n) is 4.09. The molecule has 108 valence electrons. The van der Waals surface area contributed by atoms with Crippen molar-refractivity contribution in [1.82, 2.24) is 5.32 Å². The van der Waals surface area contributed by atoms with Gasteiger partial charge in [0.25, 0.3) is 0 Å². The van der Waals surface area contributed by atoms with Gasteiger partial charge in [-0.3, -0.25) is 0 Å². The van der Waals surface area contributed by atoms with Crippen molar-refractivity contribution in [3.63, 3.8) is 0 Å². The minimum atomic E-state index is -0.599. The minimum absolute atomic E-state index is 0.164. The van der Waals surface area contributed by atoms with Crippen molar-refractivity contribution >= 4 is 23.2 Å². The smallest absolute Gasteiger partial charge is 0.139 e. The molecule has 1 aromatic carbocycles. The van der Waals surface area contributed by atoms with Crippen LogP contribution in [-0.2, 0) is 4.74 Å². The SMILES string of the molecule is COCCCNCC(O)COc1cc(Cl)ccc1Cl. The molecule has 0 bridgehead atoms. The van der Waals surface area contributed by atoms with Gasteiger partial charge in [-0.05, 0) is 25.1 Å². The standard InChI is InChI=1S/C13H19Cl2NO3/c1-18-6-2-5-16-8-11(17)9-19-13-7-10(14)3-4-12(13)15/h3-4,7,11,16-17H,2,5-6,8-9H2,1H3. The summed E-state index contributed by atoms with van der Waals surface area (Å²) in [7, 11) is 1.66. The Morgan fingerprint density at radius 1 is 1.37 bits per heavy atom. The lowest BCUT2D eigenvalue weighted by molar-refractivity contribution is 0.105. The molecule has 0 heterocycles. The summed E-state index contributed by atoms with van der Waals surface area (Å²) in [5, 5.41) is 13.9. The van der Waals surface area contributed by atoms with Crippen LogP contribution in [0.3, 0.4) is 0 Å². The van der Waals surface area contributed by atoms with Crippen molar-refractivity contribution < 1.29 is 14.6 Å². The maximum Gasteiger partial charge on any atom is 0.139 e. The van der Waals surface area contributed by atoms with Gasteiger partial charge in [-0.15, -0.1) is 0 Å². The molecule has 0 spiro atoms. The molecule has 0 aliphatic carbocycles. The molecular formula is C13H19Cl2NO3. The van der Waals surface area contributed by atoms with Crippen LogP contribution in [0.25, 0.3) is 0 Å². The van der Waals surface area contributed by atoms with E-state index in [0.29, 0.717) is 28.9 Å². The maximum atomic E-state index is 9.73. The first-order valence-electron chi connectivity index (χ1n) is 6.09. The number of halogens is 2. The van der Waals surface area contributed by atoms with Crippen LogP contribution in [-0.4, -0.2) is 44.6 Å². The summed E-state index contributed by atoms with van der Waals surface area (Å²) in [6, 6.07) is 4.97. The molecule has 1 atom stereocenters. The second-order valence-corrected chi connectivity index (χ2v) is 4.93. The fraction of sp³-hybridized carbons (Fsp3) is 0.538. The molecule has 6 heteroatoms. The number of benzene rings is 1. The molecule has 0 aliphatic heterocycles. The highest BCUT2D eigenvalue weighted by Crippen LogP contribution is 2.27. The number of aliphatic hydroxyl groups excluding tert-OH is 1. The minimum Gasteiger partial charge on any atom is -0.489 e. The van der Waals surface area contributed by atoms with Gasteiger partial charge in [0.15, 0.2) is 0 Å². The predicted octanol–water partition coefficient (Wildman–Crippen LogP) is 2.36. The molecule has 0 fully saturated rings. The van der Waals surface area contributed by atoms with E-state index in [9.17, 15) is 5.11 Å². The van der Waals surface area contributed by atoms with Gasteiger partial charge in [-0.25, -0.2) is 0 Å². The lowest BCUT2D eigenvalue weighted by Gasteiger charge is -2.14. The summed E-state index contributed by atoms with van der Waals surface area (Å²) in [4.78, 5) is 0. The van der Waals surface area contributed by atoms with E-state index in [2.05, 4.69) is 5.32 Å². The Bertz CT molecular complexity index is 377. The summed E-state index contributed by atoms with van der Waals surface area (Å²) < 4.78 is 10.4. The van der Waals surface area contributed by atoms with E-state index < -0.39 is 6.10 Å². The molecule has 1 unspecified atom stereocenters. The van der Waals surface area contributed by atoms with Gasteiger partial charge in [0.2, 0.25) is 0 Å². The lowest BCUT2D eigenvalue weighted by Crippen LogP contribution is -2.32. The number of hydrogen-bond donors (Lipinski definition) is 2. The highest BCUT2D eigenvalue weighted by atomic mass is 35.5. The Morgan fingerprint density at radius 3 is 2.89 bits per heavy atom. The third kappa shape index (κ3) is 6.99. The van der Waals surface area contributed by atoms with Gasteiger partial charge < -0.3 is 19.9 Å². The Kier molecular flexibility index (Phi) is 8.18. The molecule has 19 heavy (non-hydrogen) atoms. The Hall–Kier alpha value is -0.520. The zero-order valence-corrected chi connectivity index (χ0v) is 12.4. The van der Waals surface area contributed by atoms with E-state index in [1.807, 2.05) is 0 Å². The first-order valence-corrected chi connectivity index (χ1v) is 6.84. The highest BCUT2D eigenvalue weighted by Gasteiger charge is 2.07. The maximum absolute atomic E-state index is 9.73. The van der Waals surface area contributed by atoms with Crippen molar-refractivity contribution in [3.05, 3.63) is 28.2 Å². The van der Waals surface area contributed by atoms with Crippen molar-refractivity contribution in [2.75, 3.05) is 33.4 Å². The number of aliphatic hydroxyl groups is 1. The van der Waals surface area contributed by atoms with E-state index in [-0.39, 0.29) is 6.61 Å². The molecule has 0 amide bonds. The third-order valence-corrected chi connectivity index (χ3v) is 2.95. The largest absolute Gasteiger partial charge is 0.489 e. The first-order chi connectivity index (χ1) is 9.13. The Balaban J connectivity index is 2.22. The number of methoxy groups -OCH3 is 1. The van der Waals surface area contributed by atoms with Crippen molar-refractivity contribution in [2.24, 2.45) is 0 Å². The summed E-state index contributed by atoms with van der Waals surface area (Å²) in [6.45, 7) is 2.12. The lowest BCUT2D eigenvalue weighted by atomic mass is 10.3. The summed E-state index contributed by atoms with van der Waals surface area (Å²) >= 11 is 11.8. The fourth-order valence-electron chi connectivity index (χ4n) is 1.44. The normalized spacial score (nSPS) is 12.4. The summed E-state index contributed by atoms with van der Waals surface area (Å²) in [5.74, 6) is 0.479. The van der Waals surface area contributed by atoms with Crippen LogP contribution in [0.4, 0.5) is 0 Å². The predicted molar refractivity (Wildman–Crippen MR) is 77.3 cm³/mol. The highest BCUT2D eigenvalue weighted by molar-refractivity contribution is 6.34. The molecule has 0 saturated carbocycles. The van der Waals surface area contributed by atoms with Crippen LogP contribution in [0.2, 0.25) is 10.0 Å². The van der Waals surface area contributed by atoms with Gasteiger partial charge in [0.05, 0.1) is 5.02 Å². The van der Waals surface area contributed by atoms with E-state index >= 15 is 0 Å². The van der Waals surface area contributed by atoms with E-state index in [0.717, 1.165) is 13.0 Å². The quantitative estimate of drug-likeness (QED) is 0.688. The third-order valence-electron chi connectivity index (χ3n) is 2.41. The molecular weight excluding hydrogens is 289 g/mol. The van der Waals surface area contributed by atoms with Crippen LogP contribution in [0.5, 0.6) is 5.75 Å². The Morgan fingerprint density at radius 2 is 2.16 bits per heavy atom. The van der Waals surface area contributed by atoms with Crippen molar-refractivity contribution in [3.8, 4) is 5.75 Å². The van der Waals surface area contributed by atoms with Crippen LogP contribution in [0.1, 0.15) is 6.42 Å². The second kappa shape index (κ2) is 9.39. The molecule has 4 nitrogen and oxygen atoms in total. The zero-order chi connectivity index (χ0) is 14.1. The number of ether oxygens (including phenoxy) is 2. The van der Waals surface area contributed by atoms with Crippen LogP contribution in [0, 0.1) is 0 Å². The number of rotatable bonds is 9. The van der Waals surface area contributed by atoms with Crippen molar-refractivity contribution in [1.29, 1.82) is 0 Å². The zero-order valence-electron chi connectivity index (χ0n) is 10.9. The van der Waals surface area contributed by atoms with Crippen LogP contribution >= 0.6 is 23.2 Å². The van der Waals surface area contributed by atoms with E-state index in [1.165, 1.54) is 0 Å². The molecule has 2 N–H and O–H groups in total. The van der Waals surface area contributed by atoms with Gasteiger partial charge in [0.1, 0.15) is 18.5 Å². The Labute approximate surface area is 123 Å². The summed E-state index contributed by atoms with van der Waals surface area (Å²) in [6.07, 6.45) is 0.307. The molecule has 1 aromatic rings. The first kappa shape index (κ1) is 16.5. The average molecular weight is 308 g/mol. The molecule has 1 rings (SSSR count).